The van der Waals surface area contributed by atoms with Gasteiger partial charge in [0.2, 0.25) is 17.7 Å². The number of aromatic nitrogens is 2. The van der Waals surface area contributed by atoms with E-state index in [1.165, 1.54) is 6.08 Å². The SMILES string of the molecule is C=CCOc1ccc(C=CC(=O)N(Cc2nnc(-c3ccccc3)o2)C(C)C)cc1OC. The number of carbonyl (C=O) groups is 1. The molecule has 0 bridgehead atoms. The highest BCUT2D eigenvalue weighted by Crippen LogP contribution is 2.28. The average Bonchev–Trinajstić information content (AvgIpc) is 3.29. The maximum Gasteiger partial charge on any atom is 0.247 e. The zero-order chi connectivity index (χ0) is 22.9. The van der Waals surface area contributed by atoms with Crippen molar-refractivity contribution in [1.82, 2.24) is 15.1 Å². The van der Waals surface area contributed by atoms with Gasteiger partial charge in [-0.1, -0.05) is 36.9 Å². The average molecular weight is 434 g/mol. The summed E-state index contributed by atoms with van der Waals surface area (Å²) in [6, 6.07) is 14.9. The van der Waals surface area contributed by atoms with E-state index in [9.17, 15) is 4.79 Å². The Morgan fingerprint density at radius 1 is 1.16 bits per heavy atom. The van der Waals surface area contributed by atoms with Crippen LogP contribution in [0.5, 0.6) is 11.5 Å². The summed E-state index contributed by atoms with van der Waals surface area (Å²) in [6.07, 6.45) is 4.92. The standard InChI is InChI=1S/C25H27N3O4/c1-5-15-31-21-13-11-19(16-22(21)30-4)12-14-24(29)28(18(2)3)17-23-26-27-25(32-23)20-9-7-6-8-10-20/h5-14,16,18H,1,15,17H2,2-4H3. The first-order valence-corrected chi connectivity index (χ1v) is 10.3. The fourth-order valence-corrected chi connectivity index (χ4v) is 2.99. The van der Waals surface area contributed by atoms with Crippen LogP contribution >= 0.6 is 0 Å². The lowest BCUT2D eigenvalue weighted by Gasteiger charge is -2.23. The van der Waals surface area contributed by atoms with E-state index in [0.717, 1.165) is 11.1 Å². The first-order chi connectivity index (χ1) is 15.5. The molecular weight excluding hydrogens is 406 g/mol. The molecule has 1 heterocycles. The van der Waals surface area contributed by atoms with Crippen LogP contribution in [0.15, 0.2) is 71.7 Å². The molecule has 7 heteroatoms. The Hall–Kier alpha value is -3.87. The largest absolute Gasteiger partial charge is 0.493 e. The molecule has 0 saturated heterocycles. The lowest BCUT2D eigenvalue weighted by atomic mass is 10.1. The zero-order valence-electron chi connectivity index (χ0n) is 18.5. The minimum atomic E-state index is -0.162. The van der Waals surface area contributed by atoms with Gasteiger partial charge in [-0.2, -0.15) is 0 Å². The predicted octanol–water partition coefficient (Wildman–Crippen LogP) is 4.76. The van der Waals surface area contributed by atoms with Crippen LogP contribution in [0.2, 0.25) is 0 Å². The first-order valence-electron chi connectivity index (χ1n) is 10.3. The molecule has 0 aliphatic rings. The molecule has 0 saturated carbocycles. The molecule has 3 rings (SSSR count). The highest BCUT2D eigenvalue weighted by atomic mass is 16.5. The van der Waals surface area contributed by atoms with Crippen molar-refractivity contribution in [1.29, 1.82) is 0 Å². The molecule has 0 N–H and O–H groups in total. The van der Waals surface area contributed by atoms with Crippen LogP contribution in [-0.2, 0) is 11.3 Å². The molecule has 0 fully saturated rings. The van der Waals surface area contributed by atoms with Crippen molar-refractivity contribution in [2.45, 2.75) is 26.4 Å². The Morgan fingerprint density at radius 2 is 1.94 bits per heavy atom. The van der Waals surface area contributed by atoms with Crippen molar-refractivity contribution in [3.8, 4) is 23.0 Å². The number of rotatable bonds is 10. The first kappa shape index (κ1) is 22.8. The Bertz CT molecular complexity index is 1070. The molecule has 2 aromatic carbocycles. The molecule has 0 aliphatic heterocycles. The van der Waals surface area contributed by atoms with Gasteiger partial charge in [0.25, 0.3) is 0 Å². The van der Waals surface area contributed by atoms with Gasteiger partial charge in [-0.3, -0.25) is 4.79 Å². The van der Waals surface area contributed by atoms with Gasteiger partial charge in [0.05, 0.1) is 13.7 Å². The summed E-state index contributed by atoms with van der Waals surface area (Å²) in [5.41, 5.74) is 1.65. The number of methoxy groups -OCH3 is 1. The number of hydrogen-bond donors (Lipinski definition) is 0. The van der Waals surface area contributed by atoms with Crippen molar-refractivity contribution in [3.05, 3.63) is 78.7 Å². The Kier molecular flexibility index (Phi) is 7.80. The van der Waals surface area contributed by atoms with Crippen LogP contribution in [-0.4, -0.2) is 40.8 Å². The maximum atomic E-state index is 12.9. The van der Waals surface area contributed by atoms with E-state index in [-0.39, 0.29) is 18.5 Å². The summed E-state index contributed by atoms with van der Waals surface area (Å²) in [6.45, 7) is 8.12. The summed E-state index contributed by atoms with van der Waals surface area (Å²) in [4.78, 5) is 14.5. The van der Waals surface area contributed by atoms with Crippen molar-refractivity contribution in [2.24, 2.45) is 0 Å². The van der Waals surface area contributed by atoms with E-state index in [1.807, 2.05) is 56.3 Å². The number of benzene rings is 2. The minimum Gasteiger partial charge on any atom is -0.493 e. The molecule has 0 spiro atoms. The molecule has 0 atom stereocenters. The highest BCUT2D eigenvalue weighted by molar-refractivity contribution is 5.92. The number of nitrogens with zero attached hydrogens (tertiary/aromatic N) is 3. The van der Waals surface area contributed by atoms with E-state index < -0.39 is 0 Å². The van der Waals surface area contributed by atoms with Crippen LogP contribution in [0.4, 0.5) is 0 Å². The zero-order valence-corrected chi connectivity index (χ0v) is 18.5. The van der Waals surface area contributed by atoms with E-state index in [0.29, 0.717) is 29.9 Å². The normalized spacial score (nSPS) is 11.0. The third-order valence-electron chi connectivity index (χ3n) is 4.66. The third kappa shape index (κ3) is 5.85. The van der Waals surface area contributed by atoms with Crippen molar-refractivity contribution >= 4 is 12.0 Å². The van der Waals surface area contributed by atoms with Gasteiger partial charge < -0.3 is 18.8 Å². The monoisotopic (exact) mass is 433 g/mol. The van der Waals surface area contributed by atoms with E-state index >= 15 is 0 Å². The van der Waals surface area contributed by atoms with Crippen LogP contribution in [0.25, 0.3) is 17.5 Å². The van der Waals surface area contributed by atoms with Gasteiger partial charge >= 0.3 is 0 Å². The molecule has 0 aliphatic carbocycles. The van der Waals surface area contributed by atoms with Crippen molar-refractivity contribution in [2.75, 3.05) is 13.7 Å². The van der Waals surface area contributed by atoms with Crippen LogP contribution in [0.3, 0.4) is 0 Å². The van der Waals surface area contributed by atoms with E-state index in [4.69, 9.17) is 13.9 Å². The van der Waals surface area contributed by atoms with Crippen molar-refractivity contribution < 1.29 is 18.7 Å². The fourth-order valence-electron chi connectivity index (χ4n) is 2.99. The molecule has 7 nitrogen and oxygen atoms in total. The van der Waals surface area contributed by atoms with Gasteiger partial charge in [0, 0.05) is 17.7 Å². The summed E-state index contributed by atoms with van der Waals surface area (Å²) in [5, 5.41) is 8.20. The smallest absolute Gasteiger partial charge is 0.247 e. The molecule has 1 aromatic heterocycles. The lowest BCUT2D eigenvalue weighted by molar-refractivity contribution is -0.128. The van der Waals surface area contributed by atoms with Gasteiger partial charge in [-0.25, -0.2) is 0 Å². The molecule has 1 amide bonds. The summed E-state index contributed by atoms with van der Waals surface area (Å²) < 4.78 is 16.7. The van der Waals surface area contributed by atoms with Crippen LogP contribution in [0, 0.1) is 0 Å². The molecule has 0 unspecified atom stereocenters. The van der Waals surface area contributed by atoms with Gasteiger partial charge in [-0.15, -0.1) is 10.2 Å². The second-order valence-corrected chi connectivity index (χ2v) is 7.27. The molecule has 0 radical (unpaired) electrons. The van der Waals surface area contributed by atoms with Gasteiger partial charge in [0.15, 0.2) is 11.5 Å². The molecular formula is C25H27N3O4. The number of amides is 1. The number of carbonyl (C=O) groups excluding carboxylic acids is 1. The highest BCUT2D eigenvalue weighted by Gasteiger charge is 2.19. The van der Waals surface area contributed by atoms with E-state index in [2.05, 4.69) is 16.8 Å². The maximum absolute atomic E-state index is 12.9. The summed E-state index contributed by atoms with van der Waals surface area (Å²) >= 11 is 0. The molecule has 3 aromatic rings. The Labute approximate surface area is 188 Å². The van der Waals surface area contributed by atoms with Crippen molar-refractivity contribution in [3.63, 3.8) is 0 Å². The number of ether oxygens (including phenoxy) is 2. The Balaban J connectivity index is 1.71. The topological polar surface area (TPSA) is 77.7 Å². The van der Waals surface area contributed by atoms with Crippen LogP contribution < -0.4 is 9.47 Å². The minimum absolute atomic E-state index is 0.0524. The Morgan fingerprint density at radius 3 is 2.62 bits per heavy atom. The quantitative estimate of drug-likeness (QED) is 0.339. The molecule has 32 heavy (non-hydrogen) atoms. The number of hydrogen-bond acceptors (Lipinski definition) is 6. The predicted molar refractivity (Wildman–Crippen MR) is 123 cm³/mol. The van der Waals surface area contributed by atoms with Crippen LogP contribution in [0.1, 0.15) is 25.3 Å². The van der Waals surface area contributed by atoms with E-state index in [1.54, 1.807) is 30.2 Å². The third-order valence-corrected chi connectivity index (χ3v) is 4.66. The second kappa shape index (κ2) is 10.9. The summed E-state index contributed by atoms with van der Waals surface area (Å²) in [7, 11) is 1.57. The van der Waals surface area contributed by atoms with Gasteiger partial charge in [-0.05, 0) is 49.8 Å². The second-order valence-electron chi connectivity index (χ2n) is 7.27. The lowest BCUT2D eigenvalue weighted by Crippen LogP contribution is -2.35. The fraction of sp³-hybridized carbons (Fsp3) is 0.240. The van der Waals surface area contributed by atoms with Gasteiger partial charge in [0.1, 0.15) is 6.61 Å². The summed E-state index contributed by atoms with van der Waals surface area (Å²) in [5.74, 6) is 1.85. The molecule has 166 valence electrons.